The third kappa shape index (κ3) is 2.16. The van der Waals surface area contributed by atoms with Crippen molar-refractivity contribution in [2.24, 2.45) is 0 Å². The van der Waals surface area contributed by atoms with E-state index in [1.54, 1.807) is 0 Å². The maximum absolute atomic E-state index is 5.72. The van der Waals surface area contributed by atoms with Crippen molar-refractivity contribution < 1.29 is 0 Å². The molecule has 0 atom stereocenters. The van der Waals surface area contributed by atoms with Crippen LogP contribution in [0.15, 0.2) is 18.3 Å². The standard InChI is InChI=1S/C13H16ClN3/c14-8-2-1-5-12-16-11-4-3-9-15-13(11)17(12)10-6-7-10/h3-4,9-10H,1-2,5-8H2. The van der Waals surface area contributed by atoms with Crippen LogP contribution in [-0.2, 0) is 6.42 Å². The highest BCUT2D eigenvalue weighted by atomic mass is 35.5. The Labute approximate surface area is 106 Å². The van der Waals surface area contributed by atoms with E-state index >= 15 is 0 Å². The molecule has 0 radical (unpaired) electrons. The van der Waals surface area contributed by atoms with E-state index < -0.39 is 0 Å². The molecule has 0 unspecified atom stereocenters. The van der Waals surface area contributed by atoms with Crippen molar-refractivity contribution in [2.45, 2.75) is 38.1 Å². The lowest BCUT2D eigenvalue weighted by Crippen LogP contribution is -2.02. The molecule has 4 heteroatoms. The van der Waals surface area contributed by atoms with Crippen molar-refractivity contribution >= 4 is 22.8 Å². The van der Waals surface area contributed by atoms with Gasteiger partial charge in [-0.2, -0.15) is 0 Å². The summed E-state index contributed by atoms with van der Waals surface area (Å²) >= 11 is 5.72. The van der Waals surface area contributed by atoms with Crippen LogP contribution in [-0.4, -0.2) is 20.4 Å². The number of aromatic nitrogens is 3. The lowest BCUT2D eigenvalue weighted by molar-refractivity contribution is 0.661. The van der Waals surface area contributed by atoms with E-state index in [0.717, 1.165) is 36.3 Å². The molecule has 1 aliphatic carbocycles. The minimum absolute atomic E-state index is 0.640. The van der Waals surface area contributed by atoms with Crippen LogP contribution in [0.4, 0.5) is 0 Å². The van der Waals surface area contributed by atoms with E-state index in [0.29, 0.717) is 6.04 Å². The maximum atomic E-state index is 5.72. The molecule has 0 amide bonds. The van der Waals surface area contributed by atoms with Crippen molar-refractivity contribution in [2.75, 3.05) is 5.88 Å². The molecule has 1 fully saturated rings. The Kier molecular flexibility index (Phi) is 3.02. The number of unbranched alkanes of at least 4 members (excludes halogenated alkanes) is 1. The Hall–Kier alpha value is -1.09. The maximum Gasteiger partial charge on any atom is 0.160 e. The van der Waals surface area contributed by atoms with Gasteiger partial charge in [0.25, 0.3) is 0 Å². The third-order valence-electron chi connectivity index (χ3n) is 3.22. The molecule has 0 aromatic carbocycles. The second kappa shape index (κ2) is 4.65. The number of aryl methyl sites for hydroxylation is 1. The number of pyridine rings is 1. The van der Waals surface area contributed by atoms with Gasteiger partial charge in [0, 0.05) is 24.5 Å². The normalized spacial score (nSPS) is 15.6. The van der Waals surface area contributed by atoms with Crippen molar-refractivity contribution in [3.8, 4) is 0 Å². The van der Waals surface area contributed by atoms with Gasteiger partial charge in [-0.25, -0.2) is 9.97 Å². The SMILES string of the molecule is ClCCCCc1nc2cccnc2n1C1CC1. The van der Waals surface area contributed by atoms with Crippen LogP contribution in [0.5, 0.6) is 0 Å². The van der Waals surface area contributed by atoms with Gasteiger partial charge in [-0.3, -0.25) is 0 Å². The molecule has 3 rings (SSSR count). The Morgan fingerprint density at radius 1 is 1.35 bits per heavy atom. The van der Waals surface area contributed by atoms with Gasteiger partial charge < -0.3 is 4.57 Å². The predicted octanol–water partition coefficient (Wildman–Crippen LogP) is 3.33. The summed E-state index contributed by atoms with van der Waals surface area (Å²) in [5.74, 6) is 1.92. The van der Waals surface area contributed by atoms with Crippen LogP contribution in [0.25, 0.3) is 11.2 Å². The average Bonchev–Trinajstić information content (AvgIpc) is 3.11. The molecule has 17 heavy (non-hydrogen) atoms. The highest BCUT2D eigenvalue weighted by molar-refractivity contribution is 6.17. The van der Waals surface area contributed by atoms with Gasteiger partial charge in [-0.1, -0.05) is 0 Å². The largest absolute Gasteiger partial charge is 0.310 e. The van der Waals surface area contributed by atoms with Gasteiger partial charge in [0.2, 0.25) is 0 Å². The summed E-state index contributed by atoms with van der Waals surface area (Å²) in [7, 11) is 0. The lowest BCUT2D eigenvalue weighted by Gasteiger charge is -2.05. The van der Waals surface area contributed by atoms with Gasteiger partial charge >= 0.3 is 0 Å². The first kappa shape index (κ1) is 11.0. The summed E-state index contributed by atoms with van der Waals surface area (Å²) in [4.78, 5) is 9.17. The highest BCUT2D eigenvalue weighted by Crippen LogP contribution is 2.38. The molecule has 3 nitrogen and oxygen atoms in total. The van der Waals surface area contributed by atoms with E-state index in [-0.39, 0.29) is 0 Å². The molecule has 0 spiro atoms. The molecule has 2 aromatic rings. The number of nitrogens with zero attached hydrogens (tertiary/aromatic N) is 3. The minimum Gasteiger partial charge on any atom is -0.310 e. The molecule has 90 valence electrons. The number of hydrogen-bond acceptors (Lipinski definition) is 2. The molecule has 2 heterocycles. The molecule has 2 aromatic heterocycles. The van der Waals surface area contributed by atoms with E-state index in [4.69, 9.17) is 16.6 Å². The van der Waals surface area contributed by atoms with Crippen LogP contribution in [0.3, 0.4) is 0 Å². The zero-order valence-electron chi connectivity index (χ0n) is 9.77. The smallest absolute Gasteiger partial charge is 0.160 e. The van der Waals surface area contributed by atoms with Gasteiger partial charge in [0.15, 0.2) is 5.65 Å². The summed E-state index contributed by atoms with van der Waals surface area (Å²) in [6.45, 7) is 0. The quantitative estimate of drug-likeness (QED) is 0.601. The molecular weight excluding hydrogens is 234 g/mol. The second-order valence-electron chi connectivity index (χ2n) is 4.62. The monoisotopic (exact) mass is 249 g/mol. The fourth-order valence-corrected chi connectivity index (χ4v) is 2.44. The predicted molar refractivity (Wildman–Crippen MR) is 69.5 cm³/mol. The first-order valence-electron chi connectivity index (χ1n) is 6.28. The zero-order valence-corrected chi connectivity index (χ0v) is 10.5. The van der Waals surface area contributed by atoms with Crippen LogP contribution in [0.1, 0.15) is 37.5 Å². The fourth-order valence-electron chi connectivity index (χ4n) is 2.25. The minimum atomic E-state index is 0.640. The summed E-state index contributed by atoms with van der Waals surface area (Å²) < 4.78 is 2.34. The molecule has 0 bridgehead atoms. The molecular formula is C13H16ClN3. The van der Waals surface area contributed by atoms with Crippen LogP contribution in [0, 0.1) is 0 Å². The van der Waals surface area contributed by atoms with Crippen LogP contribution >= 0.6 is 11.6 Å². The van der Waals surface area contributed by atoms with Gasteiger partial charge in [-0.05, 0) is 37.8 Å². The lowest BCUT2D eigenvalue weighted by atomic mass is 10.2. The Balaban J connectivity index is 1.95. The van der Waals surface area contributed by atoms with Crippen molar-refractivity contribution in [3.63, 3.8) is 0 Å². The molecule has 0 saturated heterocycles. The summed E-state index contributed by atoms with van der Waals surface area (Å²) in [5.41, 5.74) is 2.08. The number of halogens is 1. The molecule has 0 aliphatic heterocycles. The average molecular weight is 250 g/mol. The van der Waals surface area contributed by atoms with E-state index in [2.05, 4.69) is 9.55 Å². The first-order valence-corrected chi connectivity index (χ1v) is 6.81. The Bertz CT molecular complexity index is 516. The zero-order chi connectivity index (χ0) is 11.7. The van der Waals surface area contributed by atoms with Gasteiger partial charge in [-0.15, -0.1) is 11.6 Å². The van der Waals surface area contributed by atoms with Crippen molar-refractivity contribution in [1.82, 2.24) is 14.5 Å². The third-order valence-corrected chi connectivity index (χ3v) is 3.49. The number of hydrogen-bond donors (Lipinski definition) is 0. The van der Waals surface area contributed by atoms with Crippen LogP contribution < -0.4 is 0 Å². The van der Waals surface area contributed by atoms with Gasteiger partial charge in [0.1, 0.15) is 11.3 Å². The van der Waals surface area contributed by atoms with E-state index in [9.17, 15) is 0 Å². The summed E-state index contributed by atoms with van der Waals surface area (Å²) in [6, 6.07) is 4.64. The number of alkyl halides is 1. The summed E-state index contributed by atoms with van der Waals surface area (Å²) in [6.07, 6.45) is 7.57. The topological polar surface area (TPSA) is 30.7 Å². The first-order chi connectivity index (χ1) is 8.40. The molecule has 1 saturated carbocycles. The number of rotatable bonds is 5. The second-order valence-corrected chi connectivity index (χ2v) is 5.00. The van der Waals surface area contributed by atoms with E-state index in [1.165, 1.54) is 18.7 Å². The van der Waals surface area contributed by atoms with Crippen molar-refractivity contribution in [3.05, 3.63) is 24.2 Å². The van der Waals surface area contributed by atoms with E-state index in [1.807, 2.05) is 18.3 Å². The summed E-state index contributed by atoms with van der Waals surface area (Å²) in [5, 5.41) is 0. The van der Waals surface area contributed by atoms with Crippen molar-refractivity contribution in [1.29, 1.82) is 0 Å². The van der Waals surface area contributed by atoms with Gasteiger partial charge in [0.05, 0.1) is 0 Å². The molecule has 0 N–H and O–H groups in total. The number of fused-ring (bicyclic) bond motifs is 1. The Morgan fingerprint density at radius 2 is 2.24 bits per heavy atom. The van der Waals surface area contributed by atoms with Crippen LogP contribution in [0.2, 0.25) is 0 Å². The Morgan fingerprint density at radius 3 is 3.00 bits per heavy atom. The number of imidazole rings is 1. The molecule has 1 aliphatic rings. The highest BCUT2D eigenvalue weighted by Gasteiger charge is 2.28. The fraction of sp³-hybridized carbons (Fsp3) is 0.538.